The number of alkyl halides is 1. The van der Waals surface area contributed by atoms with Gasteiger partial charge >= 0.3 is 5.97 Å². The molecular weight excluding hydrogens is 208 g/mol. The van der Waals surface area contributed by atoms with Gasteiger partial charge in [0.2, 0.25) is 0 Å². The molecule has 0 saturated heterocycles. The third-order valence-corrected chi connectivity index (χ3v) is 3.33. The maximum absolute atomic E-state index is 10.5. The number of rotatable bonds is 2. The standard InChI is InChI=1S/C8H13BrO2/c9-5-6-1-3-7(4-2-6)8(10)11/h6-7H,1-5H2,(H,10,11)/t6-,7-. The SMILES string of the molecule is O=C(O)[C@H]1CC[C@H](CBr)CC1. The molecule has 0 aromatic carbocycles. The van der Waals surface area contributed by atoms with E-state index in [1.807, 2.05) is 0 Å². The fraction of sp³-hybridized carbons (Fsp3) is 0.875. The predicted molar refractivity (Wildman–Crippen MR) is 46.9 cm³/mol. The minimum Gasteiger partial charge on any atom is -0.481 e. The van der Waals surface area contributed by atoms with Crippen LogP contribution >= 0.6 is 15.9 Å². The summed E-state index contributed by atoms with van der Waals surface area (Å²) in [7, 11) is 0. The minimum atomic E-state index is -0.613. The van der Waals surface area contributed by atoms with Gasteiger partial charge in [0.25, 0.3) is 0 Å². The summed E-state index contributed by atoms with van der Waals surface area (Å²) in [4.78, 5) is 10.5. The Morgan fingerprint density at radius 3 is 2.27 bits per heavy atom. The lowest BCUT2D eigenvalue weighted by atomic mass is 9.83. The van der Waals surface area contributed by atoms with Crippen LogP contribution in [0.5, 0.6) is 0 Å². The molecular formula is C8H13BrO2. The molecule has 0 aliphatic heterocycles. The first-order valence-electron chi connectivity index (χ1n) is 4.02. The summed E-state index contributed by atoms with van der Waals surface area (Å²) in [6, 6.07) is 0. The Kier molecular flexibility index (Phi) is 3.37. The first-order valence-corrected chi connectivity index (χ1v) is 5.15. The Labute approximate surface area is 75.1 Å². The summed E-state index contributed by atoms with van der Waals surface area (Å²) >= 11 is 3.42. The summed E-state index contributed by atoms with van der Waals surface area (Å²) in [5, 5.41) is 9.71. The van der Waals surface area contributed by atoms with Crippen molar-refractivity contribution in [3.8, 4) is 0 Å². The lowest BCUT2D eigenvalue weighted by molar-refractivity contribution is -0.143. The van der Waals surface area contributed by atoms with Crippen LogP contribution in [0.15, 0.2) is 0 Å². The van der Waals surface area contributed by atoms with E-state index in [0.717, 1.165) is 31.0 Å². The van der Waals surface area contributed by atoms with Crippen LogP contribution in [0.1, 0.15) is 25.7 Å². The number of halogens is 1. The monoisotopic (exact) mass is 220 g/mol. The van der Waals surface area contributed by atoms with Gasteiger partial charge in [0, 0.05) is 5.33 Å². The predicted octanol–water partition coefficient (Wildman–Crippen LogP) is 2.27. The van der Waals surface area contributed by atoms with E-state index in [2.05, 4.69) is 15.9 Å². The van der Waals surface area contributed by atoms with Crippen molar-refractivity contribution in [1.29, 1.82) is 0 Å². The van der Waals surface area contributed by atoms with E-state index in [1.54, 1.807) is 0 Å². The minimum absolute atomic E-state index is 0.0645. The molecule has 2 nitrogen and oxygen atoms in total. The van der Waals surface area contributed by atoms with E-state index >= 15 is 0 Å². The van der Waals surface area contributed by atoms with Gasteiger partial charge in [-0.25, -0.2) is 0 Å². The number of aliphatic carboxylic acids is 1. The number of hydrogen-bond donors (Lipinski definition) is 1. The Hall–Kier alpha value is -0.0500. The lowest BCUT2D eigenvalue weighted by Crippen LogP contribution is -2.21. The quantitative estimate of drug-likeness (QED) is 0.726. The highest BCUT2D eigenvalue weighted by atomic mass is 79.9. The largest absolute Gasteiger partial charge is 0.481 e. The molecule has 0 atom stereocenters. The fourth-order valence-corrected chi connectivity index (χ4v) is 2.21. The van der Waals surface area contributed by atoms with Crippen LogP contribution in [0, 0.1) is 11.8 Å². The number of carbonyl (C=O) groups is 1. The second-order valence-electron chi connectivity index (χ2n) is 3.21. The van der Waals surface area contributed by atoms with Crippen LogP contribution in [0.2, 0.25) is 0 Å². The maximum Gasteiger partial charge on any atom is 0.306 e. The Bertz CT molecular complexity index is 139. The molecule has 0 heterocycles. The molecule has 0 amide bonds. The number of carboxylic acids is 1. The van der Waals surface area contributed by atoms with Gasteiger partial charge in [-0.1, -0.05) is 15.9 Å². The van der Waals surface area contributed by atoms with Gasteiger partial charge in [-0.2, -0.15) is 0 Å². The molecule has 3 heteroatoms. The van der Waals surface area contributed by atoms with Crippen LogP contribution in [-0.2, 0) is 4.79 Å². The first-order chi connectivity index (χ1) is 5.24. The molecule has 0 spiro atoms. The van der Waals surface area contributed by atoms with E-state index in [-0.39, 0.29) is 5.92 Å². The third kappa shape index (κ3) is 2.47. The number of hydrogen-bond acceptors (Lipinski definition) is 1. The highest BCUT2D eigenvalue weighted by Crippen LogP contribution is 2.29. The zero-order valence-corrected chi connectivity index (χ0v) is 8.01. The molecule has 1 rings (SSSR count). The summed E-state index contributed by atoms with van der Waals surface area (Å²) in [5.41, 5.74) is 0. The van der Waals surface area contributed by atoms with Gasteiger partial charge < -0.3 is 5.11 Å². The number of carboxylic acid groups (broad SMARTS) is 1. The van der Waals surface area contributed by atoms with Crippen molar-refractivity contribution in [2.45, 2.75) is 25.7 Å². The van der Waals surface area contributed by atoms with E-state index in [4.69, 9.17) is 5.11 Å². The molecule has 0 aromatic rings. The summed E-state index contributed by atoms with van der Waals surface area (Å²) in [5.74, 6) is 0.0360. The van der Waals surface area contributed by atoms with Gasteiger partial charge in [0.05, 0.1) is 5.92 Å². The molecule has 11 heavy (non-hydrogen) atoms. The van der Waals surface area contributed by atoms with Crippen molar-refractivity contribution >= 4 is 21.9 Å². The molecule has 0 bridgehead atoms. The lowest BCUT2D eigenvalue weighted by Gasteiger charge is -2.24. The van der Waals surface area contributed by atoms with E-state index in [0.29, 0.717) is 5.92 Å². The fourth-order valence-electron chi connectivity index (χ4n) is 1.56. The molecule has 1 aliphatic rings. The van der Waals surface area contributed by atoms with Gasteiger partial charge in [-0.3, -0.25) is 4.79 Å². The molecule has 1 N–H and O–H groups in total. The van der Waals surface area contributed by atoms with Crippen LogP contribution < -0.4 is 0 Å². The Morgan fingerprint density at radius 1 is 1.36 bits per heavy atom. The van der Waals surface area contributed by atoms with Gasteiger partial charge in [0.1, 0.15) is 0 Å². The topological polar surface area (TPSA) is 37.3 Å². The van der Waals surface area contributed by atoms with Crippen molar-refractivity contribution in [1.82, 2.24) is 0 Å². The highest BCUT2D eigenvalue weighted by Gasteiger charge is 2.24. The maximum atomic E-state index is 10.5. The van der Waals surface area contributed by atoms with E-state index in [9.17, 15) is 4.79 Å². The van der Waals surface area contributed by atoms with Gasteiger partial charge in [0.15, 0.2) is 0 Å². The van der Waals surface area contributed by atoms with Crippen LogP contribution in [-0.4, -0.2) is 16.4 Å². The Morgan fingerprint density at radius 2 is 1.91 bits per heavy atom. The third-order valence-electron chi connectivity index (χ3n) is 2.41. The zero-order valence-electron chi connectivity index (χ0n) is 6.42. The van der Waals surface area contributed by atoms with Crippen LogP contribution in [0.3, 0.4) is 0 Å². The molecule has 0 unspecified atom stereocenters. The summed E-state index contributed by atoms with van der Waals surface area (Å²) in [6.07, 6.45) is 3.88. The van der Waals surface area contributed by atoms with E-state index in [1.165, 1.54) is 0 Å². The van der Waals surface area contributed by atoms with Crippen LogP contribution in [0.25, 0.3) is 0 Å². The summed E-state index contributed by atoms with van der Waals surface area (Å²) < 4.78 is 0. The zero-order chi connectivity index (χ0) is 8.27. The smallest absolute Gasteiger partial charge is 0.306 e. The molecule has 0 aromatic heterocycles. The van der Waals surface area contributed by atoms with Crippen LogP contribution in [0.4, 0.5) is 0 Å². The van der Waals surface area contributed by atoms with Gasteiger partial charge in [-0.05, 0) is 31.6 Å². The summed E-state index contributed by atoms with van der Waals surface area (Å²) in [6.45, 7) is 0. The normalized spacial score (nSPS) is 31.7. The molecule has 1 saturated carbocycles. The molecule has 1 aliphatic carbocycles. The highest BCUT2D eigenvalue weighted by molar-refractivity contribution is 9.09. The van der Waals surface area contributed by atoms with Crippen molar-refractivity contribution in [3.05, 3.63) is 0 Å². The Balaban J connectivity index is 2.30. The second kappa shape index (κ2) is 4.10. The van der Waals surface area contributed by atoms with E-state index < -0.39 is 5.97 Å². The van der Waals surface area contributed by atoms with Crippen molar-refractivity contribution in [2.75, 3.05) is 5.33 Å². The van der Waals surface area contributed by atoms with Crippen molar-refractivity contribution in [3.63, 3.8) is 0 Å². The molecule has 64 valence electrons. The second-order valence-corrected chi connectivity index (χ2v) is 3.86. The molecule has 1 fully saturated rings. The average molecular weight is 221 g/mol. The van der Waals surface area contributed by atoms with Gasteiger partial charge in [-0.15, -0.1) is 0 Å². The molecule has 0 radical (unpaired) electrons. The van der Waals surface area contributed by atoms with Crippen molar-refractivity contribution in [2.24, 2.45) is 11.8 Å². The first kappa shape index (κ1) is 9.04. The van der Waals surface area contributed by atoms with Crippen molar-refractivity contribution < 1.29 is 9.90 Å². The average Bonchev–Trinajstić information content (AvgIpc) is 2.05.